The number of halogens is 4. The summed E-state index contributed by atoms with van der Waals surface area (Å²) in [6.45, 7) is 0. The van der Waals surface area contributed by atoms with Crippen molar-refractivity contribution in [2.45, 2.75) is 12.6 Å². The van der Waals surface area contributed by atoms with Gasteiger partial charge in [-0.3, -0.25) is 0 Å². The van der Waals surface area contributed by atoms with Crippen LogP contribution in [0.15, 0.2) is 22.1 Å². The van der Waals surface area contributed by atoms with Crippen molar-refractivity contribution in [1.29, 1.82) is 0 Å². The fourth-order valence-electron chi connectivity index (χ4n) is 1.33. The summed E-state index contributed by atoms with van der Waals surface area (Å²) >= 11 is 4.48. The van der Waals surface area contributed by atoms with Gasteiger partial charge < -0.3 is 0 Å². The van der Waals surface area contributed by atoms with E-state index in [9.17, 15) is 13.2 Å². The molecule has 15 heavy (non-hydrogen) atoms. The van der Waals surface area contributed by atoms with E-state index in [1.54, 1.807) is 11.6 Å². The summed E-state index contributed by atoms with van der Waals surface area (Å²) in [4.78, 5) is 4.01. The van der Waals surface area contributed by atoms with E-state index in [1.807, 2.05) is 0 Å². The first kappa shape index (κ1) is 10.9. The molecule has 0 radical (unpaired) electrons. The molecule has 0 bridgehead atoms. The summed E-state index contributed by atoms with van der Waals surface area (Å²) in [6, 6.07) is 3.08. The number of hydrogen-bond acceptors (Lipinski definition) is 2. The third-order valence-corrected chi connectivity index (χ3v) is 3.45. The first-order valence-corrected chi connectivity index (χ1v) is 5.72. The zero-order chi connectivity index (χ0) is 11.1. The highest BCUT2D eigenvalue weighted by atomic mass is 79.9. The molecule has 0 aliphatic rings. The van der Waals surface area contributed by atoms with Gasteiger partial charge >= 0.3 is 6.18 Å². The molecule has 0 aliphatic heterocycles. The van der Waals surface area contributed by atoms with Crippen molar-refractivity contribution in [3.8, 4) is 0 Å². The van der Waals surface area contributed by atoms with Crippen LogP contribution in [0.5, 0.6) is 0 Å². The highest BCUT2D eigenvalue weighted by Crippen LogP contribution is 2.32. The summed E-state index contributed by atoms with van der Waals surface area (Å²) in [5, 5.41) is 0. The van der Waals surface area contributed by atoms with Crippen molar-refractivity contribution >= 4 is 37.5 Å². The van der Waals surface area contributed by atoms with Crippen LogP contribution in [0, 0.1) is 0 Å². The smallest absolute Gasteiger partial charge is 0.243 e. The Hall–Kier alpha value is -0.620. The normalized spacial score (nSPS) is 12.3. The van der Waals surface area contributed by atoms with Crippen LogP contribution >= 0.6 is 27.3 Å². The summed E-state index contributed by atoms with van der Waals surface area (Å²) in [5.41, 5.74) is 2.43. The third kappa shape index (κ3) is 2.31. The molecule has 6 heteroatoms. The monoisotopic (exact) mass is 295 g/mol. The van der Waals surface area contributed by atoms with E-state index in [1.165, 1.54) is 17.4 Å². The second-order valence-electron chi connectivity index (χ2n) is 3.03. The predicted octanol–water partition coefficient (Wildman–Crippen LogP) is 4.16. The topological polar surface area (TPSA) is 12.9 Å². The lowest BCUT2D eigenvalue weighted by molar-refractivity contribution is -0.126. The molecule has 0 saturated heterocycles. The van der Waals surface area contributed by atoms with Gasteiger partial charge in [0.05, 0.1) is 22.1 Å². The Bertz CT molecular complexity index is 492. The molecule has 0 N–H and O–H groups in total. The van der Waals surface area contributed by atoms with Crippen LogP contribution in [0.4, 0.5) is 13.2 Å². The lowest BCUT2D eigenvalue weighted by atomic mass is 10.1. The maximum absolute atomic E-state index is 12.2. The third-order valence-electron chi connectivity index (χ3n) is 1.91. The number of alkyl halides is 3. The van der Waals surface area contributed by atoms with E-state index in [0.29, 0.717) is 10.2 Å². The second kappa shape index (κ2) is 3.75. The molecular formula is C9H5BrF3NS. The maximum atomic E-state index is 12.2. The standard InChI is InChI=1S/C9H5BrF3NS/c10-6-2-1-5(3-9(11,12)13)8-7(6)14-4-15-8/h1-2,4H,3H2. The van der Waals surface area contributed by atoms with Crippen LogP contribution < -0.4 is 0 Å². The maximum Gasteiger partial charge on any atom is 0.393 e. The number of aromatic nitrogens is 1. The summed E-state index contributed by atoms with van der Waals surface area (Å²) in [6.07, 6.45) is -5.08. The van der Waals surface area contributed by atoms with Crippen molar-refractivity contribution in [2.75, 3.05) is 0 Å². The van der Waals surface area contributed by atoms with Crippen LogP contribution in [0.25, 0.3) is 10.2 Å². The van der Waals surface area contributed by atoms with E-state index in [0.717, 1.165) is 4.47 Å². The summed E-state index contributed by atoms with van der Waals surface area (Å²) < 4.78 is 38.1. The number of nitrogens with zero attached hydrogens (tertiary/aromatic N) is 1. The molecule has 0 atom stereocenters. The molecule has 2 rings (SSSR count). The zero-order valence-electron chi connectivity index (χ0n) is 7.31. The number of fused-ring (bicyclic) bond motifs is 1. The van der Waals surface area contributed by atoms with Crippen molar-refractivity contribution in [2.24, 2.45) is 0 Å². The minimum Gasteiger partial charge on any atom is -0.243 e. The van der Waals surface area contributed by atoms with Crippen molar-refractivity contribution in [1.82, 2.24) is 4.98 Å². The number of benzene rings is 1. The fraction of sp³-hybridized carbons (Fsp3) is 0.222. The molecule has 80 valence electrons. The average molecular weight is 296 g/mol. The van der Waals surface area contributed by atoms with Gasteiger partial charge in [0.25, 0.3) is 0 Å². The van der Waals surface area contributed by atoms with Crippen LogP contribution in [-0.2, 0) is 6.42 Å². The Kier molecular flexibility index (Phi) is 2.72. The largest absolute Gasteiger partial charge is 0.393 e. The Morgan fingerprint density at radius 2 is 2.07 bits per heavy atom. The Labute approximate surface area is 96.1 Å². The molecular weight excluding hydrogens is 291 g/mol. The number of thiazole rings is 1. The molecule has 1 heterocycles. The molecule has 0 aliphatic carbocycles. The molecule has 0 fully saturated rings. The van der Waals surface area contributed by atoms with Gasteiger partial charge in [0.1, 0.15) is 0 Å². The van der Waals surface area contributed by atoms with Crippen LogP contribution in [0.2, 0.25) is 0 Å². The predicted molar refractivity (Wildman–Crippen MR) is 57.1 cm³/mol. The van der Waals surface area contributed by atoms with E-state index in [-0.39, 0.29) is 5.56 Å². The van der Waals surface area contributed by atoms with Crippen molar-refractivity contribution in [3.63, 3.8) is 0 Å². The van der Waals surface area contributed by atoms with Crippen LogP contribution in [-0.4, -0.2) is 11.2 Å². The Morgan fingerprint density at radius 3 is 2.73 bits per heavy atom. The number of hydrogen-bond donors (Lipinski definition) is 0. The van der Waals surface area contributed by atoms with E-state index >= 15 is 0 Å². The molecule has 2 aromatic rings. The number of rotatable bonds is 1. The highest BCUT2D eigenvalue weighted by molar-refractivity contribution is 9.10. The second-order valence-corrected chi connectivity index (χ2v) is 4.74. The van der Waals surface area contributed by atoms with Gasteiger partial charge in [-0.05, 0) is 27.6 Å². The molecule has 0 amide bonds. The van der Waals surface area contributed by atoms with Gasteiger partial charge in [0.2, 0.25) is 0 Å². The van der Waals surface area contributed by atoms with Gasteiger partial charge in [-0.1, -0.05) is 6.07 Å². The molecule has 1 aromatic carbocycles. The molecule has 0 unspecified atom stereocenters. The van der Waals surface area contributed by atoms with Crippen LogP contribution in [0.3, 0.4) is 0 Å². The fourth-order valence-corrected chi connectivity index (χ4v) is 2.72. The summed E-state index contributed by atoms with van der Waals surface area (Å²) in [7, 11) is 0. The van der Waals surface area contributed by atoms with E-state index in [2.05, 4.69) is 20.9 Å². The quantitative estimate of drug-likeness (QED) is 0.770. The first-order chi connectivity index (χ1) is 6.97. The molecule has 1 aromatic heterocycles. The Balaban J connectivity index is 2.53. The van der Waals surface area contributed by atoms with Crippen LogP contribution in [0.1, 0.15) is 5.56 Å². The molecule has 1 nitrogen and oxygen atoms in total. The van der Waals surface area contributed by atoms with Crippen molar-refractivity contribution < 1.29 is 13.2 Å². The van der Waals surface area contributed by atoms with Gasteiger partial charge in [-0.25, -0.2) is 4.98 Å². The molecule has 0 spiro atoms. The first-order valence-electron chi connectivity index (χ1n) is 4.05. The van der Waals surface area contributed by atoms with Crippen molar-refractivity contribution in [3.05, 3.63) is 27.7 Å². The average Bonchev–Trinajstić information content (AvgIpc) is 2.57. The lowest BCUT2D eigenvalue weighted by Crippen LogP contribution is -2.11. The molecule has 0 saturated carbocycles. The minimum atomic E-state index is -4.18. The van der Waals surface area contributed by atoms with Gasteiger partial charge in [0, 0.05) is 4.47 Å². The highest BCUT2D eigenvalue weighted by Gasteiger charge is 2.29. The Morgan fingerprint density at radius 1 is 1.33 bits per heavy atom. The summed E-state index contributed by atoms with van der Waals surface area (Å²) in [5.74, 6) is 0. The van der Waals surface area contributed by atoms with Gasteiger partial charge in [-0.2, -0.15) is 13.2 Å². The van der Waals surface area contributed by atoms with E-state index in [4.69, 9.17) is 0 Å². The van der Waals surface area contributed by atoms with Gasteiger partial charge in [-0.15, -0.1) is 11.3 Å². The lowest BCUT2D eigenvalue weighted by Gasteiger charge is -2.07. The zero-order valence-corrected chi connectivity index (χ0v) is 9.71. The SMILES string of the molecule is FC(F)(F)Cc1ccc(Br)c2ncsc12. The van der Waals surface area contributed by atoms with E-state index < -0.39 is 12.6 Å². The minimum absolute atomic E-state index is 0.281. The van der Waals surface area contributed by atoms with Gasteiger partial charge in [0.15, 0.2) is 0 Å².